The fourth-order valence-corrected chi connectivity index (χ4v) is 3.52. The first-order chi connectivity index (χ1) is 16.4. The predicted molar refractivity (Wildman–Crippen MR) is 127 cm³/mol. The molecule has 9 heteroatoms. The quantitative estimate of drug-likeness (QED) is 0.429. The summed E-state index contributed by atoms with van der Waals surface area (Å²) in [5, 5.41) is 15.1. The van der Waals surface area contributed by atoms with Crippen LogP contribution in [0.3, 0.4) is 0 Å². The number of carbonyl (C=O) groups is 1. The van der Waals surface area contributed by atoms with Gasteiger partial charge in [-0.25, -0.2) is 0 Å². The molecule has 0 saturated carbocycles. The van der Waals surface area contributed by atoms with Gasteiger partial charge in [-0.1, -0.05) is 29.8 Å². The second kappa shape index (κ2) is 10.3. The Kier molecular flexibility index (Phi) is 7.03. The molecule has 1 amide bonds. The highest BCUT2D eigenvalue weighted by Crippen LogP contribution is 2.26. The zero-order valence-corrected chi connectivity index (χ0v) is 19.7. The number of benzene rings is 2. The molecule has 4 rings (SSSR count). The molecule has 9 nitrogen and oxygen atoms in total. The molecule has 1 N–H and O–H groups in total. The Bertz CT molecular complexity index is 1270. The number of amides is 1. The third-order valence-corrected chi connectivity index (χ3v) is 5.35. The van der Waals surface area contributed by atoms with E-state index in [-0.39, 0.29) is 18.6 Å². The summed E-state index contributed by atoms with van der Waals surface area (Å²) in [6.45, 7) is 8.53. The van der Waals surface area contributed by atoms with Crippen LogP contribution in [0.25, 0.3) is 16.8 Å². The number of carbonyl (C=O) groups excluding carboxylic acids is 1. The summed E-state index contributed by atoms with van der Waals surface area (Å²) in [5.74, 6) is 0.328. The Labute approximate surface area is 198 Å². The van der Waals surface area contributed by atoms with Crippen molar-refractivity contribution in [1.82, 2.24) is 35.5 Å². The van der Waals surface area contributed by atoms with Crippen LogP contribution >= 0.6 is 0 Å². The maximum absolute atomic E-state index is 13.1. The van der Waals surface area contributed by atoms with E-state index in [4.69, 9.17) is 4.74 Å². The van der Waals surface area contributed by atoms with E-state index in [2.05, 4.69) is 30.8 Å². The number of aryl methyl sites for hydroxylation is 2. The Morgan fingerprint density at radius 1 is 1.06 bits per heavy atom. The second-order valence-electron chi connectivity index (χ2n) is 8.01. The number of tetrazole rings is 1. The van der Waals surface area contributed by atoms with Crippen molar-refractivity contribution in [1.29, 1.82) is 0 Å². The molecule has 0 aliphatic rings. The van der Waals surface area contributed by atoms with Crippen molar-refractivity contribution in [3.8, 4) is 16.8 Å². The van der Waals surface area contributed by atoms with Crippen LogP contribution in [0.4, 0.5) is 0 Å². The van der Waals surface area contributed by atoms with Gasteiger partial charge in [-0.3, -0.25) is 14.8 Å². The van der Waals surface area contributed by atoms with E-state index in [1.54, 1.807) is 23.1 Å². The summed E-state index contributed by atoms with van der Waals surface area (Å²) in [4.78, 5) is 21.7. The standard InChI is InChI=1S/C25H27N7O2/c1-5-34-18(4)24-29-30-31-32(24)23-11-20(19-8-6-16(2)7-9-19)10-21(12-23)25(33)28-15-22-14-26-17(3)13-27-22/h6-14,18H,5,15H2,1-4H3,(H,28,33). The van der Waals surface area contributed by atoms with Crippen molar-refractivity contribution < 1.29 is 9.53 Å². The number of ether oxygens (including phenoxy) is 1. The molecule has 1 unspecified atom stereocenters. The second-order valence-corrected chi connectivity index (χ2v) is 8.01. The van der Waals surface area contributed by atoms with Crippen molar-refractivity contribution in [3.63, 3.8) is 0 Å². The number of rotatable bonds is 8. The maximum atomic E-state index is 13.1. The first kappa shape index (κ1) is 23.2. The highest BCUT2D eigenvalue weighted by molar-refractivity contribution is 5.96. The van der Waals surface area contributed by atoms with Crippen molar-refractivity contribution in [2.45, 2.75) is 40.3 Å². The van der Waals surface area contributed by atoms with Crippen LogP contribution in [0, 0.1) is 13.8 Å². The average molecular weight is 458 g/mol. The predicted octanol–water partition coefficient (Wildman–Crippen LogP) is 3.76. The molecule has 2 aromatic heterocycles. The van der Waals surface area contributed by atoms with Crippen LogP contribution in [0.2, 0.25) is 0 Å². The molecule has 4 aromatic rings. The highest BCUT2D eigenvalue weighted by atomic mass is 16.5. The molecule has 0 radical (unpaired) electrons. The van der Waals surface area contributed by atoms with Crippen LogP contribution in [-0.4, -0.2) is 42.7 Å². The molecule has 2 aromatic carbocycles. The summed E-state index contributed by atoms with van der Waals surface area (Å²) < 4.78 is 7.31. The maximum Gasteiger partial charge on any atom is 0.251 e. The topological polar surface area (TPSA) is 108 Å². The summed E-state index contributed by atoms with van der Waals surface area (Å²) in [6, 6.07) is 13.7. The van der Waals surface area contributed by atoms with Crippen molar-refractivity contribution in [3.05, 3.63) is 83.2 Å². The van der Waals surface area contributed by atoms with E-state index >= 15 is 0 Å². The Morgan fingerprint density at radius 2 is 1.85 bits per heavy atom. The lowest BCUT2D eigenvalue weighted by molar-refractivity contribution is 0.0684. The molecular formula is C25H27N7O2. The molecule has 174 valence electrons. The van der Waals surface area contributed by atoms with Gasteiger partial charge in [0, 0.05) is 18.4 Å². The minimum absolute atomic E-state index is 0.231. The number of nitrogens with one attached hydrogen (secondary N) is 1. The van der Waals surface area contributed by atoms with Crippen LogP contribution < -0.4 is 5.32 Å². The van der Waals surface area contributed by atoms with Gasteiger partial charge in [0.1, 0.15) is 6.10 Å². The minimum Gasteiger partial charge on any atom is -0.371 e. The fourth-order valence-electron chi connectivity index (χ4n) is 3.52. The van der Waals surface area contributed by atoms with Gasteiger partial charge in [0.15, 0.2) is 5.82 Å². The zero-order valence-electron chi connectivity index (χ0n) is 19.7. The van der Waals surface area contributed by atoms with E-state index in [9.17, 15) is 4.79 Å². The lowest BCUT2D eigenvalue weighted by Gasteiger charge is -2.14. The van der Waals surface area contributed by atoms with E-state index in [1.807, 2.05) is 64.1 Å². The number of hydrogen-bond acceptors (Lipinski definition) is 7. The van der Waals surface area contributed by atoms with Crippen LogP contribution in [0.1, 0.15) is 53.1 Å². The van der Waals surface area contributed by atoms with E-state index in [1.165, 1.54) is 0 Å². The van der Waals surface area contributed by atoms with Crippen LogP contribution in [-0.2, 0) is 11.3 Å². The van der Waals surface area contributed by atoms with Crippen molar-refractivity contribution in [2.24, 2.45) is 0 Å². The molecule has 0 saturated heterocycles. The molecular weight excluding hydrogens is 430 g/mol. The lowest BCUT2D eigenvalue weighted by atomic mass is 10.0. The van der Waals surface area contributed by atoms with Gasteiger partial charge in [0.25, 0.3) is 5.91 Å². The smallest absolute Gasteiger partial charge is 0.251 e. The Balaban J connectivity index is 1.70. The van der Waals surface area contributed by atoms with Gasteiger partial charge in [-0.05, 0) is 67.4 Å². The first-order valence-corrected chi connectivity index (χ1v) is 11.1. The van der Waals surface area contributed by atoms with Crippen LogP contribution in [0.5, 0.6) is 0 Å². The Hall–Kier alpha value is -3.98. The molecule has 34 heavy (non-hydrogen) atoms. The van der Waals surface area contributed by atoms with Gasteiger partial charge >= 0.3 is 0 Å². The van der Waals surface area contributed by atoms with Gasteiger partial charge in [-0.2, -0.15) is 4.68 Å². The zero-order chi connectivity index (χ0) is 24.1. The molecule has 0 bridgehead atoms. The summed E-state index contributed by atoms with van der Waals surface area (Å²) in [7, 11) is 0. The summed E-state index contributed by atoms with van der Waals surface area (Å²) >= 11 is 0. The van der Waals surface area contributed by atoms with Gasteiger partial charge in [-0.15, -0.1) is 5.10 Å². The fraction of sp³-hybridized carbons (Fsp3) is 0.280. The minimum atomic E-state index is -0.305. The average Bonchev–Trinajstić information content (AvgIpc) is 3.34. The molecule has 1 atom stereocenters. The normalized spacial score (nSPS) is 11.9. The van der Waals surface area contributed by atoms with Gasteiger partial charge in [0.2, 0.25) is 0 Å². The third-order valence-electron chi connectivity index (χ3n) is 5.35. The molecule has 0 spiro atoms. The molecule has 0 aliphatic heterocycles. The lowest BCUT2D eigenvalue weighted by Crippen LogP contribution is -2.24. The third kappa shape index (κ3) is 5.32. The SMILES string of the molecule is CCOC(C)c1nnnn1-c1cc(C(=O)NCc2cnc(C)cn2)cc(-c2ccc(C)cc2)c1. The number of hydrogen-bond donors (Lipinski definition) is 1. The molecule has 0 aliphatic carbocycles. The molecule has 0 fully saturated rings. The largest absolute Gasteiger partial charge is 0.371 e. The monoisotopic (exact) mass is 457 g/mol. The van der Waals surface area contributed by atoms with Crippen molar-refractivity contribution in [2.75, 3.05) is 6.61 Å². The van der Waals surface area contributed by atoms with E-state index < -0.39 is 0 Å². The van der Waals surface area contributed by atoms with Crippen LogP contribution in [0.15, 0.2) is 54.9 Å². The van der Waals surface area contributed by atoms with E-state index in [0.717, 1.165) is 22.4 Å². The highest BCUT2D eigenvalue weighted by Gasteiger charge is 2.18. The summed E-state index contributed by atoms with van der Waals surface area (Å²) in [5.41, 5.74) is 5.68. The summed E-state index contributed by atoms with van der Waals surface area (Å²) in [6.07, 6.45) is 3.03. The number of aromatic nitrogens is 6. The Morgan fingerprint density at radius 3 is 2.56 bits per heavy atom. The number of nitrogens with zero attached hydrogens (tertiary/aromatic N) is 6. The van der Waals surface area contributed by atoms with E-state index in [0.29, 0.717) is 29.4 Å². The molecule has 2 heterocycles. The van der Waals surface area contributed by atoms with Crippen molar-refractivity contribution >= 4 is 5.91 Å². The van der Waals surface area contributed by atoms with Gasteiger partial charge < -0.3 is 10.1 Å². The van der Waals surface area contributed by atoms with Gasteiger partial charge in [0.05, 0.1) is 29.8 Å². The first-order valence-electron chi connectivity index (χ1n) is 11.1.